The average Bonchev–Trinajstić information content (AvgIpc) is 3.11. The van der Waals surface area contributed by atoms with E-state index in [4.69, 9.17) is 4.74 Å². The van der Waals surface area contributed by atoms with Gasteiger partial charge in [-0.15, -0.1) is 5.10 Å². The van der Waals surface area contributed by atoms with Gasteiger partial charge in [0.15, 0.2) is 5.82 Å². The molecule has 2 aromatic rings. The third kappa shape index (κ3) is 1.91. The van der Waals surface area contributed by atoms with E-state index in [1.54, 1.807) is 4.90 Å². The first-order valence-corrected chi connectivity index (χ1v) is 6.93. The molecule has 0 saturated carbocycles. The zero-order valence-corrected chi connectivity index (χ0v) is 11.3. The number of rotatable bonds is 2. The monoisotopic (exact) mass is 282 g/mol. The van der Waals surface area contributed by atoms with E-state index in [0.717, 1.165) is 17.7 Å². The number of amides is 1. The summed E-state index contributed by atoms with van der Waals surface area (Å²) in [5.74, 6) is 0.607. The van der Waals surface area contributed by atoms with Crippen molar-refractivity contribution >= 4 is 11.9 Å². The number of carbonyl (C=O) groups excluding carboxylic acids is 1. The molecular formula is C15H14N4O2. The van der Waals surface area contributed by atoms with Crippen molar-refractivity contribution < 1.29 is 9.53 Å². The molecule has 2 aliphatic heterocycles. The fourth-order valence-electron chi connectivity index (χ4n) is 2.80. The topological polar surface area (TPSA) is 60.2 Å². The fraction of sp³-hybridized carbons (Fsp3) is 0.267. The third-order valence-corrected chi connectivity index (χ3v) is 3.86. The van der Waals surface area contributed by atoms with Crippen LogP contribution in [0.3, 0.4) is 0 Å². The van der Waals surface area contributed by atoms with Gasteiger partial charge in [0.1, 0.15) is 12.6 Å². The van der Waals surface area contributed by atoms with Gasteiger partial charge in [-0.1, -0.05) is 47.7 Å². The molecule has 0 spiro atoms. The number of cyclic esters (lactones) is 1. The first kappa shape index (κ1) is 12.1. The van der Waals surface area contributed by atoms with Crippen molar-refractivity contribution in [3.05, 3.63) is 53.7 Å². The number of carbonyl (C=O) groups is 1. The minimum Gasteiger partial charge on any atom is -0.447 e. The summed E-state index contributed by atoms with van der Waals surface area (Å²) >= 11 is 0. The van der Waals surface area contributed by atoms with Crippen molar-refractivity contribution in [2.24, 2.45) is 0 Å². The first-order valence-electron chi connectivity index (χ1n) is 6.93. The van der Waals surface area contributed by atoms with Crippen LogP contribution in [0.15, 0.2) is 42.5 Å². The highest BCUT2D eigenvalue weighted by molar-refractivity contribution is 5.90. The maximum atomic E-state index is 12.2. The van der Waals surface area contributed by atoms with E-state index < -0.39 is 0 Å². The van der Waals surface area contributed by atoms with E-state index in [1.807, 2.05) is 41.1 Å². The SMILES string of the molecule is O=C1OCC(c2ccccc2)N1c1nnn2c1CC=CC2. The normalized spacial score (nSPS) is 20.5. The van der Waals surface area contributed by atoms with E-state index in [0.29, 0.717) is 19.0 Å². The molecule has 1 fully saturated rings. The zero-order valence-electron chi connectivity index (χ0n) is 11.3. The Hall–Kier alpha value is -2.63. The smallest absolute Gasteiger partial charge is 0.416 e. The molecule has 0 N–H and O–H groups in total. The quantitative estimate of drug-likeness (QED) is 0.791. The maximum Gasteiger partial charge on any atom is 0.416 e. The van der Waals surface area contributed by atoms with Crippen molar-refractivity contribution in [3.63, 3.8) is 0 Å². The van der Waals surface area contributed by atoms with Gasteiger partial charge in [0, 0.05) is 6.42 Å². The van der Waals surface area contributed by atoms with Gasteiger partial charge >= 0.3 is 6.09 Å². The lowest BCUT2D eigenvalue weighted by Crippen LogP contribution is -2.29. The van der Waals surface area contributed by atoms with Gasteiger partial charge in [-0.05, 0) is 5.56 Å². The molecule has 1 unspecified atom stereocenters. The lowest BCUT2D eigenvalue weighted by atomic mass is 10.1. The second kappa shape index (κ2) is 4.73. The Morgan fingerprint density at radius 1 is 1.19 bits per heavy atom. The summed E-state index contributed by atoms with van der Waals surface area (Å²) in [4.78, 5) is 13.8. The van der Waals surface area contributed by atoms with Gasteiger partial charge in [-0.25, -0.2) is 14.4 Å². The Labute approximate surface area is 121 Å². The molecule has 4 rings (SSSR count). The van der Waals surface area contributed by atoms with Gasteiger partial charge in [-0.2, -0.15) is 0 Å². The number of benzene rings is 1. The van der Waals surface area contributed by atoms with Crippen molar-refractivity contribution in [2.45, 2.75) is 19.0 Å². The molecule has 1 atom stereocenters. The summed E-state index contributed by atoms with van der Waals surface area (Å²) in [6, 6.07) is 9.72. The molecule has 1 aromatic carbocycles. The Balaban J connectivity index is 1.75. The molecule has 3 heterocycles. The number of allylic oxidation sites excluding steroid dienone is 2. The number of ether oxygens (including phenoxy) is 1. The lowest BCUT2D eigenvalue weighted by molar-refractivity contribution is 0.179. The Bertz CT molecular complexity index is 708. The number of anilines is 1. The highest BCUT2D eigenvalue weighted by Gasteiger charge is 2.38. The van der Waals surface area contributed by atoms with Crippen LogP contribution in [0.1, 0.15) is 17.3 Å². The predicted octanol–water partition coefficient (Wildman–Crippen LogP) is 2.09. The zero-order chi connectivity index (χ0) is 14.2. The molecule has 6 heteroatoms. The molecular weight excluding hydrogens is 268 g/mol. The van der Waals surface area contributed by atoms with Crippen molar-refractivity contribution in [1.29, 1.82) is 0 Å². The lowest BCUT2D eigenvalue weighted by Gasteiger charge is -2.20. The number of aromatic nitrogens is 3. The van der Waals surface area contributed by atoms with E-state index >= 15 is 0 Å². The molecule has 0 radical (unpaired) electrons. The second-order valence-corrected chi connectivity index (χ2v) is 5.09. The predicted molar refractivity (Wildman–Crippen MR) is 75.9 cm³/mol. The van der Waals surface area contributed by atoms with Crippen LogP contribution in [0.5, 0.6) is 0 Å². The van der Waals surface area contributed by atoms with Crippen LogP contribution in [-0.4, -0.2) is 27.7 Å². The third-order valence-electron chi connectivity index (χ3n) is 3.86. The molecule has 21 heavy (non-hydrogen) atoms. The Morgan fingerprint density at radius 2 is 2.05 bits per heavy atom. The van der Waals surface area contributed by atoms with Gasteiger partial charge < -0.3 is 4.74 Å². The summed E-state index contributed by atoms with van der Waals surface area (Å²) < 4.78 is 7.06. The molecule has 1 aromatic heterocycles. The van der Waals surface area contributed by atoms with Crippen LogP contribution in [0.25, 0.3) is 0 Å². The molecule has 1 saturated heterocycles. The van der Waals surface area contributed by atoms with Crippen molar-refractivity contribution in [2.75, 3.05) is 11.5 Å². The standard InChI is InChI=1S/C15H14N4O2/c20-15-19(13(10-21-15)11-6-2-1-3-7-11)14-12-8-4-5-9-18(12)17-16-14/h1-7,13H,8-10H2. The molecule has 2 aliphatic rings. The van der Waals surface area contributed by atoms with Crippen LogP contribution in [0.4, 0.5) is 10.6 Å². The van der Waals surface area contributed by atoms with Gasteiger partial charge in [0.05, 0.1) is 12.2 Å². The highest BCUT2D eigenvalue weighted by atomic mass is 16.6. The van der Waals surface area contributed by atoms with Crippen LogP contribution < -0.4 is 4.90 Å². The second-order valence-electron chi connectivity index (χ2n) is 5.09. The van der Waals surface area contributed by atoms with Crippen molar-refractivity contribution in [1.82, 2.24) is 15.0 Å². The maximum absolute atomic E-state index is 12.2. The van der Waals surface area contributed by atoms with Crippen LogP contribution >= 0.6 is 0 Å². The fourth-order valence-corrected chi connectivity index (χ4v) is 2.80. The van der Waals surface area contributed by atoms with E-state index in [-0.39, 0.29) is 12.1 Å². The molecule has 6 nitrogen and oxygen atoms in total. The van der Waals surface area contributed by atoms with Gasteiger partial charge in [-0.3, -0.25) is 0 Å². The Kier molecular flexibility index (Phi) is 2.73. The van der Waals surface area contributed by atoms with Crippen LogP contribution in [-0.2, 0) is 17.7 Å². The van der Waals surface area contributed by atoms with Crippen molar-refractivity contribution in [3.8, 4) is 0 Å². The highest BCUT2D eigenvalue weighted by Crippen LogP contribution is 2.34. The number of hydrogen-bond donors (Lipinski definition) is 0. The molecule has 1 amide bonds. The summed E-state index contributed by atoms with van der Waals surface area (Å²) in [6.45, 7) is 1.03. The first-order chi connectivity index (χ1) is 10.3. The van der Waals surface area contributed by atoms with E-state index in [1.165, 1.54) is 0 Å². The average molecular weight is 282 g/mol. The molecule has 106 valence electrons. The molecule has 0 aliphatic carbocycles. The Morgan fingerprint density at radius 3 is 2.90 bits per heavy atom. The minimum atomic E-state index is -0.360. The summed E-state index contributed by atoms with van der Waals surface area (Å²) in [7, 11) is 0. The van der Waals surface area contributed by atoms with Crippen LogP contribution in [0, 0.1) is 0 Å². The van der Waals surface area contributed by atoms with Crippen LogP contribution in [0.2, 0.25) is 0 Å². The summed E-state index contributed by atoms with van der Waals surface area (Å²) in [5, 5.41) is 8.33. The number of nitrogens with zero attached hydrogens (tertiary/aromatic N) is 4. The minimum absolute atomic E-state index is 0.147. The molecule has 0 bridgehead atoms. The van der Waals surface area contributed by atoms with E-state index in [2.05, 4.69) is 16.4 Å². The van der Waals surface area contributed by atoms with Gasteiger partial charge in [0.25, 0.3) is 0 Å². The number of hydrogen-bond acceptors (Lipinski definition) is 4. The number of fused-ring (bicyclic) bond motifs is 1. The van der Waals surface area contributed by atoms with Gasteiger partial charge in [0.2, 0.25) is 0 Å². The largest absolute Gasteiger partial charge is 0.447 e. The summed E-state index contributed by atoms with van der Waals surface area (Å²) in [5.41, 5.74) is 1.99. The summed E-state index contributed by atoms with van der Waals surface area (Å²) in [6.07, 6.45) is 4.48. The van der Waals surface area contributed by atoms with E-state index in [9.17, 15) is 4.79 Å².